The Labute approximate surface area is 146 Å². The molecule has 0 aliphatic carbocycles. The highest BCUT2D eigenvalue weighted by molar-refractivity contribution is 5.85. The lowest BCUT2D eigenvalue weighted by atomic mass is 9.93. The van der Waals surface area contributed by atoms with Gasteiger partial charge < -0.3 is 14.8 Å². The van der Waals surface area contributed by atoms with Crippen molar-refractivity contribution in [2.75, 3.05) is 40.9 Å². The van der Waals surface area contributed by atoms with Crippen LogP contribution in [0.2, 0.25) is 0 Å². The number of benzene rings is 1. The lowest BCUT2D eigenvalue weighted by molar-refractivity contribution is 0.172. The Bertz CT molecular complexity index is 474. The smallest absolute Gasteiger partial charge is 0.161 e. The summed E-state index contributed by atoms with van der Waals surface area (Å²) in [5.74, 6) is 2.52. The summed E-state index contributed by atoms with van der Waals surface area (Å²) in [6.07, 6.45) is 3.93. The zero-order valence-corrected chi connectivity index (χ0v) is 15.7. The van der Waals surface area contributed by atoms with Crippen molar-refractivity contribution in [1.82, 2.24) is 10.2 Å². The highest BCUT2D eigenvalue weighted by Crippen LogP contribution is 2.31. The molecule has 1 saturated heterocycles. The number of nitrogens with one attached hydrogen (secondary N) is 1. The van der Waals surface area contributed by atoms with Crippen molar-refractivity contribution in [3.63, 3.8) is 0 Å². The topological polar surface area (TPSA) is 33.7 Å². The zero-order chi connectivity index (χ0) is 15.9. The van der Waals surface area contributed by atoms with Crippen LogP contribution in [0.3, 0.4) is 0 Å². The highest BCUT2D eigenvalue weighted by Gasteiger charge is 2.20. The molecule has 0 spiro atoms. The van der Waals surface area contributed by atoms with E-state index in [0.29, 0.717) is 0 Å². The fraction of sp³-hybridized carbons (Fsp3) is 0.667. The maximum Gasteiger partial charge on any atom is 0.161 e. The third-order valence-corrected chi connectivity index (χ3v) is 4.75. The predicted molar refractivity (Wildman–Crippen MR) is 98.1 cm³/mol. The molecule has 1 aliphatic heterocycles. The summed E-state index contributed by atoms with van der Waals surface area (Å²) in [5, 5.41) is 3.26. The number of hydrogen-bond acceptors (Lipinski definition) is 4. The fourth-order valence-corrected chi connectivity index (χ4v) is 3.22. The van der Waals surface area contributed by atoms with Gasteiger partial charge in [-0.15, -0.1) is 12.4 Å². The Balaban J connectivity index is 0.00000264. The quantitative estimate of drug-likeness (QED) is 0.824. The van der Waals surface area contributed by atoms with E-state index < -0.39 is 0 Å². The van der Waals surface area contributed by atoms with Crippen molar-refractivity contribution < 1.29 is 9.47 Å². The molecule has 0 radical (unpaired) electrons. The van der Waals surface area contributed by atoms with Gasteiger partial charge in [-0.05, 0) is 82.0 Å². The molecule has 1 aliphatic rings. The van der Waals surface area contributed by atoms with Gasteiger partial charge in [0.25, 0.3) is 0 Å². The van der Waals surface area contributed by atoms with Gasteiger partial charge in [-0.2, -0.15) is 0 Å². The van der Waals surface area contributed by atoms with Crippen LogP contribution in [0.4, 0.5) is 0 Å². The van der Waals surface area contributed by atoms with E-state index >= 15 is 0 Å². The molecule has 0 bridgehead atoms. The minimum atomic E-state index is 0. The normalized spacial score (nSPS) is 16.0. The molecule has 0 aromatic heterocycles. The van der Waals surface area contributed by atoms with E-state index in [1.807, 2.05) is 7.05 Å². The van der Waals surface area contributed by atoms with Crippen molar-refractivity contribution >= 4 is 12.4 Å². The van der Waals surface area contributed by atoms with Gasteiger partial charge in [0.15, 0.2) is 11.5 Å². The van der Waals surface area contributed by atoms with Crippen molar-refractivity contribution in [2.24, 2.45) is 5.92 Å². The average Bonchev–Trinajstić information content (AvgIpc) is 2.55. The molecule has 0 unspecified atom stereocenters. The SMILES string of the molecule is CNCCC1CCN(Cc2cc(OC)c(OC)cc2C)CC1.Cl. The lowest BCUT2D eigenvalue weighted by Gasteiger charge is -2.32. The second kappa shape index (κ2) is 10.0. The molecule has 1 aromatic carbocycles. The largest absolute Gasteiger partial charge is 0.493 e. The van der Waals surface area contributed by atoms with Gasteiger partial charge in [-0.1, -0.05) is 0 Å². The van der Waals surface area contributed by atoms with E-state index in [2.05, 4.69) is 29.3 Å². The summed E-state index contributed by atoms with van der Waals surface area (Å²) in [6, 6.07) is 4.20. The number of ether oxygens (including phenoxy) is 2. The third-order valence-electron chi connectivity index (χ3n) is 4.75. The van der Waals surface area contributed by atoms with Gasteiger partial charge in [0, 0.05) is 6.54 Å². The number of piperidine rings is 1. The minimum absolute atomic E-state index is 0. The van der Waals surface area contributed by atoms with E-state index in [1.165, 1.54) is 43.5 Å². The second-order valence-corrected chi connectivity index (χ2v) is 6.25. The van der Waals surface area contributed by atoms with Crippen LogP contribution in [0.5, 0.6) is 11.5 Å². The number of hydrogen-bond donors (Lipinski definition) is 1. The van der Waals surface area contributed by atoms with Gasteiger partial charge in [-0.3, -0.25) is 4.90 Å². The second-order valence-electron chi connectivity index (χ2n) is 6.25. The molecule has 1 aromatic rings. The molecule has 132 valence electrons. The van der Waals surface area contributed by atoms with E-state index in [1.54, 1.807) is 14.2 Å². The van der Waals surface area contributed by atoms with Gasteiger partial charge in [-0.25, -0.2) is 0 Å². The molecule has 23 heavy (non-hydrogen) atoms. The molecule has 5 heteroatoms. The molecule has 0 saturated carbocycles. The van der Waals surface area contributed by atoms with Crippen LogP contribution in [0, 0.1) is 12.8 Å². The summed E-state index contributed by atoms with van der Waals surface area (Å²) < 4.78 is 10.8. The lowest BCUT2D eigenvalue weighted by Crippen LogP contribution is -2.34. The van der Waals surface area contributed by atoms with Gasteiger partial charge >= 0.3 is 0 Å². The first-order valence-electron chi connectivity index (χ1n) is 8.26. The number of methoxy groups -OCH3 is 2. The molecular formula is C18H31ClN2O2. The Hall–Kier alpha value is -0.970. The maximum atomic E-state index is 5.43. The molecule has 1 fully saturated rings. The van der Waals surface area contributed by atoms with E-state index in [9.17, 15) is 0 Å². The number of nitrogens with zero attached hydrogens (tertiary/aromatic N) is 1. The molecule has 1 N–H and O–H groups in total. The van der Waals surface area contributed by atoms with Crippen molar-refractivity contribution in [3.8, 4) is 11.5 Å². The van der Waals surface area contributed by atoms with Gasteiger partial charge in [0.05, 0.1) is 14.2 Å². The number of halogens is 1. The van der Waals surface area contributed by atoms with Crippen LogP contribution in [0.25, 0.3) is 0 Å². The monoisotopic (exact) mass is 342 g/mol. The number of likely N-dealkylation sites (tertiary alicyclic amines) is 1. The molecule has 4 nitrogen and oxygen atoms in total. The van der Waals surface area contributed by atoms with E-state index in [0.717, 1.165) is 30.5 Å². The molecule has 0 amide bonds. The average molecular weight is 343 g/mol. The number of rotatable bonds is 7. The van der Waals surface area contributed by atoms with Crippen molar-refractivity contribution in [3.05, 3.63) is 23.3 Å². The van der Waals surface area contributed by atoms with Crippen molar-refractivity contribution in [1.29, 1.82) is 0 Å². The van der Waals surface area contributed by atoms with Crippen molar-refractivity contribution in [2.45, 2.75) is 32.7 Å². The summed E-state index contributed by atoms with van der Waals surface area (Å²) in [5.41, 5.74) is 2.61. The van der Waals surface area contributed by atoms with Crippen LogP contribution in [-0.4, -0.2) is 45.8 Å². The molecule has 1 heterocycles. The first-order chi connectivity index (χ1) is 10.7. The Kier molecular flexibility index (Phi) is 8.74. The Morgan fingerprint density at radius 3 is 2.30 bits per heavy atom. The summed E-state index contributed by atoms with van der Waals surface area (Å²) >= 11 is 0. The summed E-state index contributed by atoms with van der Waals surface area (Å²) in [6.45, 7) is 6.69. The third kappa shape index (κ3) is 5.55. The zero-order valence-electron chi connectivity index (χ0n) is 14.9. The maximum absolute atomic E-state index is 5.43. The molecule has 2 rings (SSSR count). The molecular weight excluding hydrogens is 312 g/mol. The fourth-order valence-electron chi connectivity index (χ4n) is 3.22. The van der Waals surface area contributed by atoms with Crippen LogP contribution < -0.4 is 14.8 Å². The standard InChI is InChI=1S/C18H30N2O2.ClH/c1-14-11-17(21-3)18(22-4)12-16(14)13-20-9-6-15(7-10-20)5-8-19-2;/h11-12,15,19H,5-10,13H2,1-4H3;1H. The van der Waals surface area contributed by atoms with Gasteiger partial charge in [0.1, 0.15) is 0 Å². The summed E-state index contributed by atoms with van der Waals surface area (Å²) in [7, 11) is 5.42. The first kappa shape index (κ1) is 20.1. The highest BCUT2D eigenvalue weighted by atomic mass is 35.5. The molecule has 0 atom stereocenters. The summed E-state index contributed by atoms with van der Waals surface area (Å²) in [4.78, 5) is 2.56. The van der Waals surface area contributed by atoms with Crippen LogP contribution in [0.1, 0.15) is 30.4 Å². The van der Waals surface area contributed by atoms with E-state index in [4.69, 9.17) is 9.47 Å². The Morgan fingerprint density at radius 2 is 1.74 bits per heavy atom. The minimum Gasteiger partial charge on any atom is -0.493 e. The first-order valence-corrected chi connectivity index (χ1v) is 8.26. The number of aryl methyl sites for hydroxylation is 1. The Morgan fingerprint density at radius 1 is 1.13 bits per heavy atom. The van der Waals surface area contributed by atoms with Crippen LogP contribution in [0.15, 0.2) is 12.1 Å². The van der Waals surface area contributed by atoms with Gasteiger partial charge in [0.2, 0.25) is 0 Å². The predicted octanol–water partition coefficient (Wildman–Crippen LogP) is 3.26. The van der Waals surface area contributed by atoms with E-state index in [-0.39, 0.29) is 12.4 Å². The van der Waals surface area contributed by atoms with Crippen LogP contribution in [-0.2, 0) is 6.54 Å². The van der Waals surface area contributed by atoms with Crippen LogP contribution >= 0.6 is 12.4 Å².